The summed E-state index contributed by atoms with van der Waals surface area (Å²) in [6, 6.07) is 10.4. The maximum atomic E-state index is 12.1. The van der Waals surface area contributed by atoms with Crippen LogP contribution in [0.1, 0.15) is 28.9 Å². The molecular weight excluding hydrogens is 308 g/mol. The van der Waals surface area contributed by atoms with Gasteiger partial charge >= 0.3 is 5.97 Å². The van der Waals surface area contributed by atoms with Gasteiger partial charge in [0.2, 0.25) is 0 Å². The number of carbonyl (C=O) groups excluding carboxylic acids is 1. The quantitative estimate of drug-likeness (QED) is 0.400. The standard InChI is InChI=1S/C15H13ClN2O4/c1-9(10-3-2-4-12(7-10)18(20)21)22-15(19)11-5-6-13(16)14(17)8-11/h2-9H,17H2,1H3. The minimum atomic E-state index is -0.635. The molecule has 0 heterocycles. The number of nitro groups is 1. The Balaban J connectivity index is 2.15. The summed E-state index contributed by atoms with van der Waals surface area (Å²) in [7, 11) is 0. The van der Waals surface area contributed by atoms with E-state index in [-0.39, 0.29) is 16.9 Å². The number of anilines is 1. The third-order valence-corrected chi connectivity index (χ3v) is 3.41. The van der Waals surface area contributed by atoms with E-state index < -0.39 is 17.0 Å². The Hall–Kier alpha value is -2.60. The molecule has 0 fully saturated rings. The molecule has 1 unspecified atom stereocenters. The van der Waals surface area contributed by atoms with Crippen LogP contribution >= 0.6 is 11.6 Å². The van der Waals surface area contributed by atoms with Crippen molar-refractivity contribution < 1.29 is 14.5 Å². The highest BCUT2D eigenvalue weighted by molar-refractivity contribution is 6.33. The van der Waals surface area contributed by atoms with E-state index in [1.165, 1.54) is 36.4 Å². The van der Waals surface area contributed by atoms with E-state index in [2.05, 4.69) is 0 Å². The fourth-order valence-corrected chi connectivity index (χ4v) is 1.98. The second-order valence-corrected chi connectivity index (χ2v) is 5.04. The zero-order chi connectivity index (χ0) is 16.3. The number of esters is 1. The number of nitro benzene ring substituents is 1. The zero-order valence-corrected chi connectivity index (χ0v) is 12.4. The van der Waals surface area contributed by atoms with E-state index in [1.807, 2.05) is 0 Å². The number of hydrogen-bond donors (Lipinski definition) is 1. The Morgan fingerprint density at radius 1 is 1.32 bits per heavy atom. The van der Waals surface area contributed by atoms with Crippen LogP contribution in [0, 0.1) is 10.1 Å². The number of nitrogens with two attached hydrogens (primary N) is 1. The number of ether oxygens (including phenoxy) is 1. The molecule has 0 spiro atoms. The van der Waals surface area contributed by atoms with Crippen LogP contribution in [0.3, 0.4) is 0 Å². The summed E-state index contributed by atoms with van der Waals surface area (Å²) >= 11 is 5.79. The summed E-state index contributed by atoms with van der Waals surface area (Å²) < 4.78 is 5.29. The molecular formula is C15H13ClN2O4. The highest BCUT2D eigenvalue weighted by Gasteiger charge is 2.16. The second-order valence-electron chi connectivity index (χ2n) is 4.64. The molecule has 1 atom stereocenters. The number of carbonyl (C=O) groups is 1. The first-order chi connectivity index (χ1) is 10.4. The first-order valence-corrected chi connectivity index (χ1v) is 6.76. The molecule has 0 aliphatic carbocycles. The highest BCUT2D eigenvalue weighted by atomic mass is 35.5. The fourth-order valence-electron chi connectivity index (χ4n) is 1.86. The van der Waals surface area contributed by atoms with E-state index >= 15 is 0 Å². The van der Waals surface area contributed by atoms with Gasteiger partial charge < -0.3 is 10.5 Å². The number of nitrogens with zero attached hydrogens (tertiary/aromatic N) is 1. The Bertz CT molecular complexity index is 733. The summed E-state index contributed by atoms with van der Waals surface area (Å²) in [6.07, 6.45) is -0.635. The molecule has 0 saturated carbocycles. The lowest BCUT2D eigenvalue weighted by Crippen LogP contribution is -2.10. The van der Waals surface area contributed by atoms with Gasteiger partial charge in [0.1, 0.15) is 6.10 Å². The van der Waals surface area contributed by atoms with Crippen LogP contribution in [-0.2, 0) is 4.74 Å². The number of nitrogen functional groups attached to an aromatic ring is 1. The van der Waals surface area contributed by atoms with Crippen LogP contribution in [0.4, 0.5) is 11.4 Å². The minimum absolute atomic E-state index is 0.0591. The monoisotopic (exact) mass is 320 g/mol. The average molecular weight is 321 g/mol. The average Bonchev–Trinajstić information content (AvgIpc) is 2.50. The molecule has 22 heavy (non-hydrogen) atoms. The van der Waals surface area contributed by atoms with Crippen LogP contribution in [0.15, 0.2) is 42.5 Å². The lowest BCUT2D eigenvalue weighted by Gasteiger charge is -2.14. The summed E-state index contributed by atoms with van der Waals surface area (Å²) in [5, 5.41) is 11.1. The minimum Gasteiger partial charge on any atom is -0.454 e. The van der Waals surface area contributed by atoms with Crippen molar-refractivity contribution in [2.75, 3.05) is 5.73 Å². The summed E-state index contributed by atoms with van der Waals surface area (Å²) in [5.74, 6) is -0.581. The Morgan fingerprint density at radius 3 is 2.68 bits per heavy atom. The van der Waals surface area contributed by atoms with Gasteiger partial charge in [-0.05, 0) is 30.7 Å². The van der Waals surface area contributed by atoms with E-state index in [9.17, 15) is 14.9 Å². The van der Waals surface area contributed by atoms with E-state index in [0.29, 0.717) is 10.6 Å². The van der Waals surface area contributed by atoms with Crippen LogP contribution in [0.5, 0.6) is 0 Å². The predicted octanol–water partition coefficient (Wildman–Crippen LogP) is 3.75. The predicted molar refractivity (Wildman–Crippen MR) is 82.8 cm³/mol. The van der Waals surface area contributed by atoms with Gasteiger partial charge in [-0.2, -0.15) is 0 Å². The van der Waals surface area contributed by atoms with E-state index in [0.717, 1.165) is 0 Å². The highest BCUT2D eigenvalue weighted by Crippen LogP contribution is 2.24. The lowest BCUT2D eigenvalue weighted by molar-refractivity contribution is -0.385. The summed E-state index contributed by atoms with van der Waals surface area (Å²) in [5.41, 5.74) is 6.65. The van der Waals surface area contributed by atoms with Crippen LogP contribution in [0.2, 0.25) is 5.02 Å². The van der Waals surface area contributed by atoms with Crippen molar-refractivity contribution in [3.63, 3.8) is 0 Å². The summed E-state index contributed by atoms with van der Waals surface area (Å²) in [4.78, 5) is 22.3. The van der Waals surface area contributed by atoms with Crippen molar-refractivity contribution in [3.8, 4) is 0 Å². The molecule has 114 valence electrons. The van der Waals surface area contributed by atoms with Gasteiger partial charge in [0, 0.05) is 12.1 Å². The fraction of sp³-hybridized carbons (Fsp3) is 0.133. The topological polar surface area (TPSA) is 95.5 Å². The molecule has 0 amide bonds. The second kappa shape index (κ2) is 6.44. The Morgan fingerprint density at radius 2 is 2.05 bits per heavy atom. The number of rotatable bonds is 4. The molecule has 7 heteroatoms. The first kappa shape index (κ1) is 15.8. The molecule has 0 saturated heterocycles. The van der Waals surface area contributed by atoms with Crippen molar-refractivity contribution in [2.24, 2.45) is 0 Å². The van der Waals surface area contributed by atoms with Crippen LogP contribution in [-0.4, -0.2) is 10.9 Å². The van der Waals surface area contributed by atoms with Gasteiger partial charge in [-0.25, -0.2) is 4.79 Å². The normalized spacial score (nSPS) is 11.7. The summed E-state index contributed by atoms with van der Waals surface area (Å²) in [6.45, 7) is 1.64. The molecule has 2 aromatic rings. The van der Waals surface area contributed by atoms with Gasteiger partial charge in [-0.3, -0.25) is 10.1 Å². The van der Waals surface area contributed by atoms with Gasteiger partial charge in [-0.15, -0.1) is 0 Å². The van der Waals surface area contributed by atoms with Crippen molar-refractivity contribution in [1.29, 1.82) is 0 Å². The number of hydrogen-bond acceptors (Lipinski definition) is 5. The van der Waals surface area contributed by atoms with Gasteiger partial charge in [-0.1, -0.05) is 23.7 Å². The third-order valence-electron chi connectivity index (χ3n) is 3.07. The molecule has 0 radical (unpaired) electrons. The zero-order valence-electron chi connectivity index (χ0n) is 11.7. The third kappa shape index (κ3) is 3.53. The van der Waals surface area contributed by atoms with Gasteiger partial charge in [0.05, 0.1) is 21.2 Å². The molecule has 2 N–H and O–H groups in total. The SMILES string of the molecule is CC(OC(=O)c1ccc(Cl)c(N)c1)c1cccc([N+](=O)[O-])c1. The number of benzene rings is 2. The van der Waals surface area contributed by atoms with Crippen LogP contribution in [0.25, 0.3) is 0 Å². The van der Waals surface area contributed by atoms with E-state index in [4.69, 9.17) is 22.1 Å². The molecule has 0 aliphatic heterocycles. The smallest absolute Gasteiger partial charge is 0.338 e. The Kier molecular flexibility index (Phi) is 4.62. The molecule has 0 aromatic heterocycles. The first-order valence-electron chi connectivity index (χ1n) is 6.39. The molecule has 2 rings (SSSR count). The maximum Gasteiger partial charge on any atom is 0.338 e. The van der Waals surface area contributed by atoms with Crippen molar-refractivity contribution >= 4 is 28.9 Å². The largest absolute Gasteiger partial charge is 0.454 e. The van der Waals surface area contributed by atoms with Crippen molar-refractivity contribution in [1.82, 2.24) is 0 Å². The van der Waals surface area contributed by atoms with Gasteiger partial charge in [0.15, 0.2) is 0 Å². The number of halogens is 1. The molecule has 6 nitrogen and oxygen atoms in total. The molecule has 0 bridgehead atoms. The van der Waals surface area contributed by atoms with Crippen LogP contribution < -0.4 is 5.73 Å². The lowest BCUT2D eigenvalue weighted by atomic mass is 10.1. The molecule has 2 aromatic carbocycles. The van der Waals surface area contributed by atoms with Crippen molar-refractivity contribution in [3.05, 3.63) is 68.7 Å². The number of non-ortho nitro benzene ring substituents is 1. The van der Waals surface area contributed by atoms with Crippen molar-refractivity contribution in [2.45, 2.75) is 13.0 Å². The van der Waals surface area contributed by atoms with E-state index in [1.54, 1.807) is 13.0 Å². The maximum absolute atomic E-state index is 12.1. The molecule has 0 aliphatic rings. The Labute approximate surface area is 131 Å². The van der Waals surface area contributed by atoms with Gasteiger partial charge in [0.25, 0.3) is 5.69 Å².